The summed E-state index contributed by atoms with van der Waals surface area (Å²) in [6.07, 6.45) is 0. The quantitative estimate of drug-likeness (QED) is 0.878. The van der Waals surface area contributed by atoms with Crippen molar-refractivity contribution in [3.63, 3.8) is 0 Å². The Morgan fingerprint density at radius 2 is 1.83 bits per heavy atom. The third-order valence-electron chi connectivity index (χ3n) is 5.02. The van der Waals surface area contributed by atoms with Crippen LogP contribution in [0.15, 0.2) is 42.5 Å². The van der Waals surface area contributed by atoms with Crippen molar-refractivity contribution in [2.75, 3.05) is 26.7 Å². The van der Waals surface area contributed by atoms with E-state index < -0.39 is 0 Å². The van der Waals surface area contributed by atoms with Gasteiger partial charge in [-0.15, -0.1) is 0 Å². The SMILES string of the molecule is CN1CC2c3ccc(-c4ccc(F)cc4)cc3C(=O)NC[C@H]2C1. The highest BCUT2D eigenvalue weighted by Gasteiger charge is 2.36. The van der Waals surface area contributed by atoms with E-state index in [-0.39, 0.29) is 11.7 Å². The number of likely N-dealkylation sites (tertiary alicyclic amines) is 1. The van der Waals surface area contributed by atoms with Gasteiger partial charge in [0.25, 0.3) is 5.91 Å². The summed E-state index contributed by atoms with van der Waals surface area (Å²) in [5.74, 6) is 0.622. The minimum Gasteiger partial charge on any atom is -0.352 e. The van der Waals surface area contributed by atoms with Crippen LogP contribution in [-0.4, -0.2) is 37.5 Å². The molecule has 2 aromatic carbocycles. The molecule has 1 unspecified atom stereocenters. The van der Waals surface area contributed by atoms with Gasteiger partial charge in [0, 0.05) is 31.1 Å². The molecule has 0 radical (unpaired) electrons. The highest BCUT2D eigenvalue weighted by atomic mass is 19.1. The first kappa shape index (κ1) is 14.4. The van der Waals surface area contributed by atoms with Crippen LogP contribution in [0.5, 0.6) is 0 Å². The minimum absolute atomic E-state index is 0.000940. The number of benzene rings is 2. The smallest absolute Gasteiger partial charge is 0.251 e. The van der Waals surface area contributed by atoms with E-state index in [1.54, 1.807) is 12.1 Å². The first-order valence-corrected chi connectivity index (χ1v) is 7.98. The Morgan fingerprint density at radius 1 is 1.09 bits per heavy atom. The zero-order valence-corrected chi connectivity index (χ0v) is 13.1. The number of halogens is 1. The number of likely N-dealkylation sites (N-methyl/N-ethyl adjacent to an activating group) is 1. The Balaban J connectivity index is 1.78. The van der Waals surface area contributed by atoms with Gasteiger partial charge in [0.15, 0.2) is 0 Å². The second-order valence-corrected chi connectivity index (χ2v) is 6.61. The third-order valence-corrected chi connectivity index (χ3v) is 5.02. The third kappa shape index (κ3) is 2.53. The summed E-state index contributed by atoms with van der Waals surface area (Å²) in [4.78, 5) is 14.8. The molecule has 23 heavy (non-hydrogen) atoms. The monoisotopic (exact) mass is 310 g/mol. The summed E-state index contributed by atoms with van der Waals surface area (Å²) >= 11 is 0. The fourth-order valence-corrected chi connectivity index (χ4v) is 3.86. The molecule has 2 aliphatic heterocycles. The van der Waals surface area contributed by atoms with Gasteiger partial charge >= 0.3 is 0 Å². The summed E-state index contributed by atoms with van der Waals surface area (Å²) in [6, 6.07) is 12.5. The van der Waals surface area contributed by atoms with Crippen LogP contribution in [0.2, 0.25) is 0 Å². The summed E-state index contributed by atoms with van der Waals surface area (Å²) < 4.78 is 13.1. The van der Waals surface area contributed by atoms with E-state index >= 15 is 0 Å². The van der Waals surface area contributed by atoms with E-state index in [9.17, 15) is 9.18 Å². The predicted molar refractivity (Wildman–Crippen MR) is 87.9 cm³/mol. The molecule has 4 rings (SSSR count). The van der Waals surface area contributed by atoms with Crippen molar-refractivity contribution < 1.29 is 9.18 Å². The second-order valence-electron chi connectivity index (χ2n) is 6.61. The molecule has 2 atom stereocenters. The van der Waals surface area contributed by atoms with Crippen molar-refractivity contribution in [3.05, 3.63) is 59.4 Å². The summed E-state index contributed by atoms with van der Waals surface area (Å²) in [5, 5.41) is 3.05. The highest BCUT2D eigenvalue weighted by molar-refractivity contribution is 5.97. The molecule has 0 saturated carbocycles. The lowest BCUT2D eigenvalue weighted by Gasteiger charge is -2.17. The molecule has 0 spiro atoms. The van der Waals surface area contributed by atoms with Crippen LogP contribution in [0.1, 0.15) is 21.8 Å². The van der Waals surface area contributed by atoms with E-state index in [4.69, 9.17) is 0 Å². The minimum atomic E-state index is -0.252. The Bertz CT molecular complexity index is 756. The zero-order chi connectivity index (χ0) is 16.0. The Hall–Kier alpha value is -2.20. The topological polar surface area (TPSA) is 32.3 Å². The highest BCUT2D eigenvalue weighted by Crippen LogP contribution is 2.37. The van der Waals surface area contributed by atoms with Crippen molar-refractivity contribution in [1.82, 2.24) is 10.2 Å². The fraction of sp³-hybridized carbons (Fsp3) is 0.316. The van der Waals surface area contributed by atoms with Gasteiger partial charge in [0.2, 0.25) is 0 Å². The Kier molecular flexibility index (Phi) is 3.42. The standard InChI is InChI=1S/C19H19FN2O/c1-22-10-14-9-21-19(23)17-8-13(4-7-16(17)18(14)11-22)12-2-5-15(20)6-3-12/h2-8,14,18H,9-11H2,1H3,(H,21,23)/t14-,18?/m0/s1. The summed E-state index contributed by atoms with van der Waals surface area (Å²) in [6.45, 7) is 2.74. The molecular weight excluding hydrogens is 291 g/mol. The van der Waals surface area contributed by atoms with Crippen LogP contribution in [0.25, 0.3) is 11.1 Å². The number of hydrogen-bond donors (Lipinski definition) is 1. The summed E-state index contributed by atoms with van der Waals surface area (Å²) in [5.41, 5.74) is 3.77. The molecule has 1 N–H and O–H groups in total. The number of hydrogen-bond acceptors (Lipinski definition) is 2. The largest absolute Gasteiger partial charge is 0.352 e. The van der Waals surface area contributed by atoms with Gasteiger partial charge in [-0.05, 0) is 47.9 Å². The Labute approximate surface area is 135 Å². The number of nitrogens with zero attached hydrogens (tertiary/aromatic N) is 1. The first-order valence-electron chi connectivity index (χ1n) is 7.98. The van der Waals surface area contributed by atoms with Crippen LogP contribution >= 0.6 is 0 Å². The maximum Gasteiger partial charge on any atom is 0.251 e. The van der Waals surface area contributed by atoms with Gasteiger partial charge in [-0.1, -0.05) is 24.3 Å². The average molecular weight is 310 g/mol. The molecule has 0 aliphatic carbocycles. The number of fused-ring (bicyclic) bond motifs is 3. The molecule has 1 fully saturated rings. The predicted octanol–water partition coefficient (Wildman–Crippen LogP) is 2.88. The maximum atomic E-state index is 13.1. The van der Waals surface area contributed by atoms with Crippen LogP contribution in [0, 0.1) is 11.7 Å². The van der Waals surface area contributed by atoms with Crippen molar-refractivity contribution in [3.8, 4) is 11.1 Å². The summed E-state index contributed by atoms with van der Waals surface area (Å²) in [7, 11) is 2.13. The first-order chi connectivity index (χ1) is 11.1. The van der Waals surface area contributed by atoms with Gasteiger partial charge in [0.1, 0.15) is 5.82 Å². The van der Waals surface area contributed by atoms with Gasteiger partial charge in [-0.2, -0.15) is 0 Å². The average Bonchev–Trinajstić information content (AvgIpc) is 2.88. The molecule has 118 valence electrons. The van der Waals surface area contributed by atoms with Crippen LogP contribution in [0.3, 0.4) is 0 Å². The molecule has 2 heterocycles. The number of nitrogens with one attached hydrogen (secondary N) is 1. The number of carbonyl (C=O) groups is 1. The van der Waals surface area contributed by atoms with Crippen molar-refractivity contribution in [2.45, 2.75) is 5.92 Å². The van der Waals surface area contributed by atoms with E-state index in [0.717, 1.165) is 41.9 Å². The lowest BCUT2D eigenvalue weighted by atomic mass is 9.86. The van der Waals surface area contributed by atoms with Crippen LogP contribution < -0.4 is 5.32 Å². The maximum absolute atomic E-state index is 13.1. The van der Waals surface area contributed by atoms with E-state index in [2.05, 4.69) is 23.3 Å². The second kappa shape index (κ2) is 5.46. The molecule has 3 nitrogen and oxygen atoms in total. The van der Waals surface area contributed by atoms with Gasteiger partial charge in [-0.25, -0.2) is 4.39 Å². The zero-order valence-electron chi connectivity index (χ0n) is 13.1. The molecule has 1 amide bonds. The molecule has 4 heteroatoms. The molecule has 2 aromatic rings. The lowest BCUT2D eigenvalue weighted by Crippen LogP contribution is -2.29. The van der Waals surface area contributed by atoms with Crippen molar-refractivity contribution in [1.29, 1.82) is 0 Å². The van der Waals surface area contributed by atoms with E-state index in [1.807, 2.05) is 12.1 Å². The Morgan fingerprint density at radius 3 is 2.61 bits per heavy atom. The van der Waals surface area contributed by atoms with Gasteiger partial charge < -0.3 is 10.2 Å². The normalized spacial score (nSPS) is 23.8. The molecule has 0 aromatic heterocycles. The van der Waals surface area contributed by atoms with Crippen LogP contribution in [0.4, 0.5) is 4.39 Å². The van der Waals surface area contributed by atoms with Gasteiger partial charge in [-0.3, -0.25) is 4.79 Å². The number of carbonyl (C=O) groups excluding carboxylic acids is 1. The van der Waals surface area contributed by atoms with Crippen molar-refractivity contribution in [2.24, 2.45) is 5.92 Å². The van der Waals surface area contributed by atoms with E-state index in [0.29, 0.717) is 11.8 Å². The van der Waals surface area contributed by atoms with E-state index in [1.165, 1.54) is 12.1 Å². The lowest BCUT2D eigenvalue weighted by molar-refractivity contribution is 0.0951. The molecule has 0 bridgehead atoms. The number of rotatable bonds is 1. The molecule has 2 aliphatic rings. The fourth-order valence-electron chi connectivity index (χ4n) is 3.86. The van der Waals surface area contributed by atoms with Crippen LogP contribution in [-0.2, 0) is 0 Å². The molecular formula is C19H19FN2O. The van der Waals surface area contributed by atoms with Crippen molar-refractivity contribution >= 4 is 5.91 Å². The van der Waals surface area contributed by atoms with Gasteiger partial charge in [0.05, 0.1) is 0 Å². The number of amides is 1. The molecule has 1 saturated heterocycles.